The van der Waals surface area contributed by atoms with E-state index in [1.54, 1.807) is 6.26 Å². The minimum absolute atomic E-state index is 0.638. The Bertz CT molecular complexity index is 276. The van der Waals surface area contributed by atoms with Crippen LogP contribution in [-0.2, 0) is 0 Å². The number of hydrogen-bond donors (Lipinski definition) is 0. The van der Waals surface area contributed by atoms with Crippen LogP contribution in [0.5, 0.6) is 0 Å². The van der Waals surface area contributed by atoms with Gasteiger partial charge in [-0.3, -0.25) is 0 Å². The van der Waals surface area contributed by atoms with E-state index in [4.69, 9.17) is 4.42 Å². The SMILES string of the molecule is CCC(C)C(c1ccoc1)C(C)[C@@H](C)CC. The van der Waals surface area contributed by atoms with Gasteiger partial charge in [-0.1, -0.05) is 47.5 Å². The molecule has 1 heterocycles. The Morgan fingerprint density at radius 2 is 1.69 bits per heavy atom. The molecule has 0 bridgehead atoms. The van der Waals surface area contributed by atoms with Crippen molar-refractivity contribution in [3.8, 4) is 0 Å². The Morgan fingerprint density at radius 1 is 1.06 bits per heavy atom. The van der Waals surface area contributed by atoms with E-state index in [0.717, 1.165) is 17.8 Å². The van der Waals surface area contributed by atoms with E-state index in [-0.39, 0.29) is 0 Å². The van der Waals surface area contributed by atoms with Crippen LogP contribution >= 0.6 is 0 Å². The van der Waals surface area contributed by atoms with Gasteiger partial charge in [0.1, 0.15) is 0 Å². The van der Waals surface area contributed by atoms with Gasteiger partial charge in [0.2, 0.25) is 0 Å². The lowest BCUT2D eigenvalue weighted by Crippen LogP contribution is -2.22. The monoisotopic (exact) mass is 222 g/mol. The molecule has 0 radical (unpaired) electrons. The molecule has 1 rings (SSSR count). The molecule has 1 heteroatoms. The van der Waals surface area contributed by atoms with Gasteiger partial charge in [-0.15, -0.1) is 0 Å². The molecule has 1 aromatic heterocycles. The molecule has 0 aliphatic heterocycles. The third kappa shape index (κ3) is 2.90. The van der Waals surface area contributed by atoms with Crippen LogP contribution in [0.3, 0.4) is 0 Å². The Hall–Kier alpha value is -0.720. The molecule has 16 heavy (non-hydrogen) atoms. The van der Waals surface area contributed by atoms with Gasteiger partial charge < -0.3 is 4.42 Å². The van der Waals surface area contributed by atoms with Crippen LogP contribution < -0.4 is 0 Å². The molecule has 0 aliphatic carbocycles. The first-order valence-corrected chi connectivity index (χ1v) is 6.63. The summed E-state index contributed by atoms with van der Waals surface area (Å²) in [6.45, 7) is 11.7. The highest BCUT2D eigenvalue weighted by Gasteiger charge is 2.28. The van der Waals surface area contributed by atoms with Crippen LogP contribution in [0.15, 0.2) is 23.0 Å². The van der Waals surface area contributed by atoms with Crippen LogP contribution in [0.4, 0.5) is 0 Å². The van der Waals surface area contributed by atoms with Crippen LogP contribution in [0.25, 0.3) is 0 Å². The summed E-state index contributed by atoms with van der Waals surface area (Å²) in [4.78, 5) is 0. The first-order valence-electron chi connectivity index (χ1n) is 6.63. The van der Waals surface area contributed by atoms with E-state index in [1.807, 2.05) is 6.26 Å². The fraction of sp³-hybridized carbons (Fsp3) is 0.733. The summed E-state index contributed by atoms with van der Waals surface area (Å²) in [5, 5.41) is 0. The quantitative estimate of drug-likeness (QED) is 0.653. The molecule has 3 unspecified atom stereocenters. The molecule has 92 valence electrons. The average Bonchev–Trinajstić information content (AvgIpc) is 2.81. The maximum absolute atomic E-state index is 5.25. The molecule has 0 saturated heterocycles. The summed E-state index contributed by atoms with van der Waals surface area (Å²) in [6.07, 6.45) is 6.21. The summed E-state index contributed by atoms with van der Waals surface area (Å²) in [7, 11) is 0. The van der Waals surface area contributed by atoms with Crippen molar-refractivity contribution in [1.82, 2.24) is 0 Å². The van der Waals surface area contributed by atoms with Gasteiger partial charge in [0.25, 0.3) is 0 Å². The number of furan rings is 1. The van der Waals surface area contributed by atoms with Crippen LogP contribution in [0.2, 0.25) is 0 Å². The first-order chi connectivity index (χ1) is 7.61. The molecule has 4 atom stereocenters. The molecule has 0 aliphatic rings. The zero-order valence-electron chi connectivity index (χ0n) is 11.4. The first kappa shape index (κ1) is 13.3. The van der Waals surface area contributed by atoms with Gasteiger partial charge in [0, 0.05) is 0 Å². The van der Waals surface area contributed by atoms with Crippen molar-refractivity contribution in [2.24, 2.45) is 17.8 Å². The van der Waals surface area contributed by atoms with Crippen molar-refractivity contribution in [1.29, 1.82) is 0 Å². The second-order valence-electron chi connectivity index (χ2n) is 5.21. The highest BCUT2D eigenvalue weighted by atomic mass is 16.3. The van der Waals surface area contributed by atoms with Gasteiger partial charge >= 0.3 is 0 Å². The number of hydrogen-bond acceptors (Lipinski definition) is 1. The molecule has 0 amide bonds. The second-order valence-corrected chi connectivity index (χ2v) is 5.21. The fourth-order valence-corrected chi connectivity index (χ4v) is 2.59. The lowest BCUT2D eigenvalue weighted by molar-refractivity contribution is 0.253. The smallest absolute Gasteiger partial charge is 0.0937 e. The van der Waals surface area contributed by atoms with Crippen molar-refractivity contribution in [3.05, 3.63) is 24.2 Å². The maximum Gasteiger partial charge on any atom is 0.0937 e. The fourth-order valence-electron chi connectivity index (χ4n) is 2.59. The van der Waals surface area contributed by atoms with Crippen LogP contribution in [-0.4, -0.2) is 0 Å². The van der Waals surface area contributed by atoms with Crippen LogP contribution in [0, 0.1) is 17.8 Å². The summed E-state index contributed by atoms with van der Waals surface area (Å²) in [6, 6.07) is 2.13. The molecule has 0 spiro atoms. The van der Waals surface area contributed by atoms with Crippen molar-refractivity contribution in [2.45, 2.75) is 53.4 Å². The minimum Gasteiger partial charge on any atom is -0.472 e. The number of rotatable bonds is 6. The summed E-state index contributed by atoms with van der Waals surface area (Å²) in [5.41, 5.74) is 1.38. The largest absolute Gasteiger partial charge is 0.472 e. The highest BCUT2D eigenvalue weighted by Crippen LogP contribution is 2.38. The molecule has 0 saturated carbocycles. The van der Waals surface area contributed by atoms with Gasteiger partial charge in [-0.25, -0.2) is 0 Å². The molecular formula is C15H26O. The standard InChI is InChI=1S/C15H26O/c1-6-11(3)13(5)15(12(4)7-2)14-8-9-16-10-14/h8-13,15H,6-7H2,1-5H3/t11-,12?,13?,15?/m0/s1. The van der Waals surface area contributed by atoms with Gasteiger partial charge in [0.05, 0.1) is 12.5 Å². The van der Waals surface area contributed by atoms with Crippen molar-refractivity contribution in [2.75, 3.05) is 0 Å². The summed E-state index contributed by atoms with van der Waals surface area (Å²) >= 11 is 0. The molecule has 0 fully saturated rings. The van der Waals surface area contributed by atoms with Crippen LogP contribution in [0.1, 0.15) is 58.9 Å². The normalized spacial score (nSPS) is 19.1. The second kappa shape index (κ2) is 6.12. The predicted octanol–water partition coefficient (Wildman–Crippen LogP) is 5.09. The predicted molar refractivity (Wildman–Crippen MR) is 69.5 cm³/mol. The van der Waals surface area contributed by atoms with E-state index < -0.39 is 0 Å². The molecule has 0 aromatic carbocycles. The van der Waals surface area contributed by atoms with E-state index in [0.29, 0.717) is 5.92 Å². The van der Waals surface area contributed by atoms with Crippen molar-refractivity contribution >= 4 is 0 Å². The molecular weight excluding hydrogens is 196 g/mol. The lowest BCUT2D eigenvalue weighted by Gasteiger charge is -2.32. The molecule has 1 aromatic rings. The highest BCUT2D eigenvalue weighted by molar-refractivity contribution is 5.15. The van der Waals surface area contributed by atoms with Gasteiger partial charge in [-0.05, 0) is 35.3 Å². The molecule has 1 nitrogen and oxygen atoms in total. The lowest BCUT2D eigenvalue weighted by atomic mass is 9.72. The summed E-state index contributed by atoms with van der Waals surface area (Å²) in [5.74, 6) is 2.85. The third-order valence-corrected chi connectivity index (χ3v) is 4.29. The van der Waals surface area contributed by atoms with E-state index in [2.05, 4.69) is 40.7 Å². The Kier molecular flexibility index (Phi) is 5.11. The zero-order valence-corrected chi connectivity index (χ0v) is 11.4. The average molecular weight is 222 g/mol. The van der Waals surface area contributed by atoms with E-state index >= 15 is 0 Å². The van der Waals surface area contributed by atoms with Crippen molar-refractivity contribution < 1.29 is 4.42 Å². The minimum atomic E-state index is 0.638. The topological polar surface area (TPSA) is 13.1 Å². The maximum atomic E-state index is 5.25. The Labute approximate surface area is 100 Å². The van der Waals surface area contributed by atoms with Gasteiger partial charge in [0.15, 0.2) is 0 Å². The van der Waals surface area contributed by atoms with Crippen molar-refractivity contribution in [3.63, 3.8) is 0 Å². The Balaban J connectivity index is 2.87. The van der Waals surface area contributed by atoms with E-state index in [9.17, 15) is 0 Å². The molecule has 0 N–H and O–H groups in total. The third-order valence-electron chi connectivity index (χ3n) is 4.29. The zero-order chi connectivity index (χ0) is 12.1. The Morgan fingerprint density at radius 3 is 2.12 bits per heavy atom. The van der Waals surface area contributed by atoms with Gasteiger partial charge in [-0.2, -0.15) is 0 Å². The van der Waals surface area contributed by atoms with E-state index in [1.165, 1.54) is 18.4 Å². The summed E-state index contributed by atoms with van der Waals surface area (Å²) < 4.78 is 5.25.